The normalized spacial score (nSPS) is 18.5. The van der Waals surface area contributed by atoms with Gasteiger partial charge in [0, 0.05) is 35.0 Å². The van der Waals surface area contributed by atoms with Gasteiger partial charge in [0.05, 0.1) is 59.5 Å². The summed E-state index contributed by atoms with van der Waals surface area (Å²) in [6.07, 6.45) is 8.73. The number of aliphatic imine (C=N–C) groups is 3. The minimum atomic E-state index is -0.333. The van der Waals surface area contributed by atoms with E-state index in [4.69, 9.17) is 24.5 Å². The van der Waals surface area contributed by atoms with Gasteiger partial charge >= 0.3 is 11.9 Å². The number of H-pyrrole nitrogens is 1. The smallest absolute Gasteiger partial charge is 0.305 e. The van der Waals surface area contributed by atoms with Gasteiger partial charge in [-0.15, -0.1) is 0 Å². The lowest BCUT2D eigenvalue weighted by Crippen LogP contribution is -2.18. The summed E-state index contributed by atoms with van der Waals surface area (Å²) in [6, 6.07) is 0. The summed E-state index contributed by atoms with van der Waals surface area (Å²) in [6.45, 7) is 11.3. The van der Waals surface area contributed by atoms with Crippen molar-refractivity contribution in [3.8, 4) is 0 Å². The lowest BCUT2D eigenvalue weighted by Gasteiger charge is -2.08. The monoisotopic (exact) mass is 652 g/mol. The zero-order valence-electron chi connectivity index (χ0n) is 28.5. The Labute approximate surface area is 278 Å². The third-order valence-corrected chi connectivity index (χ3v) is 9.12. The Balaban J connectivity index is 1.85. The maximum atomic E-state index is 12.2. The molecule has 12 nitrogen and oxygen atoms in total. The molecule has 4 aliphatic rings. The fourth-order valence-electron chi connectivity index (χ4n) is 6.37. The van der Waals surface area contributed by atoms with E-state index in [2.05, 4.69) is 15.6 Å². The maximum Gasteiger partial charge on any atom is 0.305 e. The maximum absolute atomic E-state index is 12.2. The zero-order valence-corrected chi connectivity index (χ0v) is 28.5. The predicted octanol–water partition coefficient (Wildman–Crippen LogP) is 4.29. The van der Waals surface area contributed by atoms with E-state index < -0.39 is 0 Å². The molecule has 0 aromatic carbocycles. The molecule has 0 atom stereocenters. The number of rotatable bonds is 8. The summed E-state index contributed by atoms with van der Waals surface area (Å²) in [7, 11) is 2.73. The van der Waals surface area contributed by atoms with Crippen molar-refractivity contribution >= 4 is 46.9 Å². The van der Waals surface area contributed by atoms with Gasteiger partial charge in [-0.05, 0) is 112 Å². The molecule has 8 bridgehead atoms. The first-order valence-corrected chi connectivity index (χ1v) is 15.6. The van der Waals surface area contributed by atoms with Gasteiger partial charge in [-0.3, -0.25) is 20.3 Å². The molecule has 4 aliphatic heterocycles. The molecular weight excluding hydrogens is 612 g/mol. The highest BCUT2D eigenvalue weighted by Gasteiger charge is 2.28. The summed E-state index contributed by atoms with van der Waals surface area (Å²) < 4.78 is 9.87. The molecule has 1 aromatic heterocycles. The molecule has 0 aliphatic carbocycles. The van der Waals surface area contributed by atoms with Crippen LogP contribution in [0.5, 0.6) is 0 Å². The molecule has 5 heterocycles. The third kappa shape index (κ3) is 6.30. The van der Waals surface area contributed by atoms with E-state index in [0.29, 0.717) is 69.4 Å². The lowest BCUT2D eigenvalue weighted by molar-refractivity contribution is -0.141. The average molecular weight is 653 g/mol. The lowest BCUT2D eigenvalue weighted by atomic mass is 9.96. The first kappa shape index (κ1) is 34.0. The quantitative estimate of drug-likeness (QED) is 0.140. The molecule has 0 spiro atoms. The van der Waals surface area contributed by atoms with Gasteiger partial charge in [0.2, 0.25) is 0 Å². The number of nitrogens with zero attached hydrogens (tertiary/aromatic N) is 4. The van der Waals surface area contributed by atoms with E-state index in [0.717, 1.165) is 44.4 Å². The van der Waals surface area contributed by atoms with Crippen LogP contribution in [0.2, 0.25) is 0 Å². The van der Waals surface area contributed by atoms with E-state index in [-0.39, 0.29) is 24.8 Å². The van der Waals surface area contributed by atoms with Crippen LogP contribution < -0.4 is 16.2 Å². The largest absolute Gasteiger partial charge is 0.469 e. The summed E-state index contributed by atoms with van der Waals surface area (Å²) in [5, 5.41) is 24.7. The second-order valence-corrected chi connectivity index (χ2v) is 12.0. The first-order chi connectivity index (χ1) is 22.9. The van der Waals surface area contributed by atoms with Crippen LogP contribution in [0.1, 0.15) is 71.4 Å². The number of carbonyl (C=O) groups excluding carboxylic acids is 2. The number of hydroxylamine groups is 1. The molecule has 1 aromatic rings. The molecule has 0 unspecified atom stereocenters. The van der Waals surface area contributed by atoms with Crippen molar-refractivity contribution in [2.75, 3.05) is 14.2 Å². The van der Waals surface area contributed by atoms with Gasteiger partial charge < -0.3 is 19.7 Å². The highest BCUT2D eigenvalue weighted by Crippen LogP contribution is 2.36. The van der Waals surface area contributed by atoms with Gasteiger partial charge in [-0.25, -0.2) is 15.0 Å². The van der Waals surface area contributed by atoms with Gasteiger partial charge in [0.15, 0.2) is 0 Å². The second-order valence-electron chi connectivity index (χ2n) is 12.0. The number of aromatic nitrogens is 1. The zero-order chi connectivity index (χ0) is 34.9. The number of nitrogens with one attached hydrogen (secondary N) is 2. The number of hydrogen-bond donors (Lipinski definition) is 4. The molecular formula is C36H40N6O6. The molecule has 0 saturated carbocycles. The first-order valence-electron chi connectivity index (χ1n) is 15.6. The van der Waals surface area contributed by atoms with Crippen molar-refractivity contribution in [3.63, 3.8) is 0 Å². The highest BCUT2D eigenvalue weighted by molar-refractivity contribution is 6.26. The molecule has 0 saturated heterocycles. The molecule has 0 amide bonds. The molecule has 4 N–H and O–H groups in total. The molecule has 48 heavy (non-hydrogen) atoms. The van der Waals surface area contributed by atoms with Crippen LogP contribution in [0.25, 0.3) is 12.2 Å². The Bertz CT molecular complexity index is 2070. The Morgan fingerprint density at radius 2 is 1.42 bits per heavy atom. The van der Waals surface area contributed by atoms with Gasteiger partial charge in [-0.1, -0.05) is 5.16 Å². The standard InChI is InChI=1S/C36H40N6O6/c1-17-23(9-11-33(43)47-7)29-16-30-24(10-12-34(44)48-8)18(2)26(38-30)14-31-36(22(6)42-46)20(4)28(40-31)15-32-35(21(5)41-45)19(3)27(39-32)13-25(17)37-29/h13-16,40-41,45-46H,9-12H2,1-8H3/b25-13?,28-15?,30-16?,31-14?,35-21+,42-22-. The fourth-order valence-corrected chi connectivity index (χ4v) is 6.37. The van der Waals surface area contributed by atoms with Crippen LogP contribution in [0.4, 0.5) is 0 Å². The van der Waals surface area contributed by atoms with Crippen molar-refractivity contribution < 1.29 is 29.5 Å². The average Bonchev–Trinajstić information content (AvgIpc) is 3.74. The molecule has 250 valence electrons. The summed E-state index contributed by atoms with van der Waals surface area (Å²) in [5.74, 6) is -0.664. The van der Waals surface area contributed by atoms with E-state index in [1.165, 1.54) is 14.2 Å². The summed E-state index contributed by atoms with van der Waals surface area (Å²) >= 11 is 0. The van der Waals surface area contributed by atoms with Crippen LogP contribution in [0.3, 0.4) is 0 Å². The molecule has 0 radical (unpaired) electrons. The molecule has 12 heteroatoms. The Morgan fingerprint density at radius 3 is 2.04 bits per heavy atom. The number of allylic oxidation sites excluding steroid dienone is 9. The van der Waals surface area contributed by atoms with E-state index in [1.807, 2.05) is 52.0 Å². The number of aromatic amines is 1. The van der Waals surface area contributed by atoms with Crippen molar-refractivity contribution in [3.05, 3.63) is 90.2 Å². The van der Waals surface area contributed by atoms with Crippen LogP contribution in [-0.2, 0) is 19.1 Å². The van der Waals surface area contributed by atoms with Gasteiger partial charge in [0.25, 0.3) is 0 Å². The van der Waals surface area contributed by atoms with E-state index in [1.54, 1.807) is 13.8 Å². The van der Waals surface area contributed by atoms with Crippen molar-refractivity contribution in [1.82, 2.24) is 10.5 Å². The molecule has 5 rings (SSSR count). The Kier molecular flexibility index (Phi) is 9.76. The highest BCUT2D eigenvalue weighted by atomic mass is 16.5. The number of ether oxygens (including phenoxy) is 2. The predicted molar refractivity (Wildman–Crippen MR) is 184 cm³/mol. The van der Waals surface area contributed by atoms with Crippen molar-refractivity contribution in [1.29, 1.82) is 0 Å². The van der Waals surface area contributed by atoms with E-state index in [9.17, 15) is 20.0 Å². The van der Waals surface area contributed by atoms with Crippen LogP contribution >= 0.6 is 0 Å². The van der Waals surface area contributed by atoms with Crippen LogP contribution in [-0.4, -0.2) is 64.4 Å². The number of hydrogen-bond acceptors (Lipinski definition) is 11. The Morgan fingerprint density at radius 1 is 0.792 bits per heavy atom. The van der Waals surface area contributed by atoms with E-state index >= 15 is 0 Å². The van der Waals surface area contributed by atoms with Crippen molar-refractivity contribution in [2.45, 2.75) is 67.2 Å². The Hall–Kier alpha value is -5.36. The minimum absolute atomic E-state index is 0.165. The number of esters is 2. The fraction of sp³-hybridized carbons (Fsp3) is 0.333. The topological polar surface area (TPSA) is 170 Å². The SMILES string of the molecule is COC(=O)CCC1=C(C)C2=NC1=CC1=NC(=CC3=C(C)/C(=C(/C)NO)C(=N3)C=c3[nH]c(c(/C(C)=N\O)c3C)=C2)C(C)=C1CCC(=O)OC. The minimum Gasteiger partial charge on any atom is -0.469 e. The van der Waals surface area contributed by atoms with Crippen LogP contribution in [0, 0.1) is 6.92 Å². The van der Waals surface area contributed by atoms with Crippen molar-refractivity contribution in [2.24, 2.45) is 20.1 Å². The number of carbonyl (C=O) groups is 2. The number of methoxy groups -OCH3 is 2. The van der Waals surface area contributed by atoms with Gasteiger partial charge in [-0.2, -0.15) is 0 Å². The van der Waals surface area contributed by atoms with Gasteiger partial charge in [0.1, 0.15) is 0 Å². The number of fused-ring (bicyclic) bond motifs is 5. The third-order valence-electron chi connectivity index (χ3n) is 9.12. The number of oxime groups is 1. The molecule has 0 fully saturated rings. The summed E-state index contributed by atoms with van der Waals surface area (Å²) in [5.41, 5.74) is 13.8. The van der Waals surface area contributed by atoms with Crippen LogP contribution in [0.15, 0.2) is 88.5 Å². The summed E-state index contributed by atoms with van der Waals surface area (Å²) in [4.78, 5) is 43.0. The second kappa shape index (κ2) is 13.8.